The number of hydrogen-bond acceptors (Lipinski definition) is 5. The van der Waals surface area contributed by atoms with Crippen molar-refractivity contribution in [2.24, 2.45) is 0 Å². The Morgan fingerprint density at radius 1 is 1.40 bits per heavy atom. The van der Waals surface area contributed by atoms with E-state index in [1.165, 1.54) is 0 Å². The molecule has 0 aliphatic carbocycles. The van der Waals surface area contributed by atoms with Crippen LogP contribution in [0.15, 0.2) is 0 Å². The van der Waals surface area contributed by atoms with Crippen LogP contribution in [0.3, 0.4) is 0 Å². The Hall–Kier alpha value is -1.67. The summed E-state index contributed by atoms with van der Waals surface area (Å²) in [5.74, 6) is 0.526. The molecule has 0 aliphatic heterocycles. The van der Waals surface area contributed by atoms with Gasteiger partial charge < -0.3 is 10.1 Å². The molecule has 0 radical (unpaired) electrons. The molecule has 0 saturated carbocycles. The van der Waals surface area contributed by atoms with E-state index in [0.717, 1.165) is 11.3 Å². The largest absolute Gasteiger partial charge is 0.383 e. The summed E-state index contributed by atoms with van der Waals surface area (Å²) in [5.41, 5.74) is 2.20. The minimum atomic E-state index is 0.526. The first-order valence-corrected chi connectivity index (χ1v) is 4.67. The van der Waals surface area contributed by atoms with Crippen LogP contribution in [-0.2, 0) is 4.74 Å². The Morgan fingerprint density at radius 3 is 2.73 bits per heavy atom. The van der Waals surface area contributed by atoms with Crippen LogP contribution in [0.4, 0.5) is 5.82 Å². The number of rotatable bonds is 4. The normalized spacial score (nSPS) is 9.73. The first-order chi connectivity index (χ1) is 7.20. The van der Waals surface area contributed by atoms with Gasteiger partial charge in [0.15, 0.2) is 5.82 Å². The summed E-state index contributed by atoms with van der Waals surface area (Å²) in [7, 11) is 1.62. The quantitative estimate of drug-likeness (QED) is 0.745. The van der Waals surface area contributed by atoms with Gasteiger partial charge in [0, 0.05) is 13.7 Å². The molecule has 0 aliphatic rings. The molecule has 0 atom stereocenters. The summed E-state index contributed by atoms with van der Waals surface area (Å²) < 4.78 is 4.90. The van der Waals surface area contributed by atoms with E-state index in [1.54, 1.807) is 7.11 Å². The monoisotopic (exact) mass is 206 g/mol. The number of nitrogens with zero attached hydrogens (tertiary/aromatic N) is 3. The third-order valence-corrected chi connectivity index (χ3v) is 2.16. The first-order valence-electron chi connectivity index (χ1n) is 4.67. The zero-order valence-electron chi connectivity index (χ0n) is 9.16. The van der Waals surface area contributed by atoms with E-state index < -0.39 is 0 Å². The molecule has 1 rings (SSSR count). The molecule has 0 saturated heterocycles. The van der Waals surface area contributed by atoms with Crippen molar-refractivity contribution in [3.8, 4) is 6.07 Å². The van der Waals surface area contributed by atoms with E-state index in [-0.39, 0.29) is 0 Å². The van der Waals surface area contributed by atoms with Crippen molar-refractivity contribution in [2.75, 3.05) is 25.6 Å². The molecular weight excluding hydrogens is 192 g/mol. The van der Waals surface area contributed by atoms with Crippen molar-refractivity contribution < 1.29 is 4.74 Å². The lowest BCUT2D eigenvalue weighted by Crippen LogP contribution is -2.12. The molecule has 80 valence electrons. The molecule has 0 spiro atoms. The molecule has 1 heterocycles. The topological polar surface area (TPSA) is 70.8 Å². The molecule has 0 bridgehead atoms. The van der Waals surface area contributed by atoms with E-state index in [4.69, 9.17) is 10.00 Å². The minimum absolute atomic E-state index is 0.526. The standard InChI is InChI=1S/C10H14N4O/c1-7-8(2)13-14-10(9(7)6-11)12-4-5-15-3/h4-5H2,1-3H3,(H,12,14). The fraction of sp³-hybridized carbons (Fsp3) is 0.500. The Bertz CT molecular complexity index is 384. The van der Waals surface area contributed by atoms with Crippen LogP contribution in [-0.4, -0.2) is 30.5 Å². The average molecular weight is 206 g/mol. The lowest BCUT2D eigenvalue weighted by atomic mass is 10.1. The van der Waals surface area contributed by atoms with Crippen LogP contribution < -0.4 is 5.32 Å². The van der Waals surface area contributed by atoms with Crippen molar-refractivity contribution >= 4 is 5.82 Å². The van der Waals surface area contributed by atoms with Gasteiger partial charge >= 0.3 is 0 Å². The maximum atomic E-state index is 8.99. The van der Waals surface area contributed by atoms with Gasteiger partial charge in [-0.15, -0.1) is 5.10 Å². The van der Waals surface area contributed by atoms with Crippen LogP contribution in [0.1, 0.15) is 16.8 Å². The van der Waals surface area contributed by atoms with E-state index in [1.807, 2.05) is 13.8 Å². The molecule has 1 aromatic heterocycles. The number of nitriles is 1. The second kappa shape index (κ2) is 5.27. The van der Waals surface area contributed by atoms with Crippen LogP contribution in [0, 0.1) is 25.2 Å². The predicted octanol–water partition coefficient (Wildman–Crippen LogP) is 1.02. The lowest BCUT2D eigenvalue weighted by Gasteiger charge is -2.08. The number of hydrogen-bond donors (Lipinski definition) is 1. The average Bonchev–Trinajstić information content (AvgIpc) is 2.24. The van der Waals surface area contributed by atoms with E-state index in [0.29, 0.717) is 24.5 Å². The van der Waals surface area contributed by atoms with Gasteiger partial charge in [0.25, 0.3) is 0 Å². The van der Waals surface area contributed by atoms with E-state index in [9.17, 15) is 0 Å². The second-order valence-corrected chi connectivity index (χ2v) is 3.17. The maximum Gasteiger partial charge on any atom is 0.167 e. The maximum absolute atomic E-state index is 8.99. The van der Waals surface area contributed by atoms with Gasteiger partial charge in [0.2, 0.25) is 0 Å². The van der Waals surface area contributed by atoms with Gasteiger partial charge in [-0.1, -0.05) is 0 Å². The molecule has 5 nitrogen and oxygen atoms in total. The number of methoxy groups -OCH3 is 1. The molecule has 0 fully saturated rings. The molecule has 0 aromatic carbocycles. The minimum Gasteiger partial charge on any atom is -0.383 e. The van der Waals surface area contributed by atoms with Crippen molar-refractivity contribution in [1.82, 2.24) is 10.2 Å². The number of anilines is 1. The predicted molar refractivity (Wildman–Crippen MR) is 56.6 cm³/mol. The summed E-state index contributed by atoms with van der Waals surface area (Å²) in [6, 6.07) is 2.13. The fourth-order valence-electron chi connectivity index (χ4n) is 1.14. The highest BCUT2D eigenvalue weighted by Crippen LogP contribution is 2.16. The SMILES string of the molecule is COCCNc1nnc(C)c(C)c1C#N. The first kappa shape index (κ1) is 11.4. The summed E-state index contributed by atoms with van der Waals surface area (Å²) in [6.45, 7) is 4.88. The molecule has 15 heavy (non-hydrogen) atoms. The molecule has 1 N–H and O–H groups in total. The van der Waals surface area contributed by atoms with Crippen LogP contribution >= 0.6 is 0 Å². The highest BCUT2D eigenvalue weighted by Gasteiger charge is 2.09. The third-order valence-electron chi connectivity index (χ3n) is 2.16. The second-order valence-electron chi connectivity index (χ2n) is 3.17. The Kier molecular flexibility index (Phi) is 4.01. The fourth-order valence-corrected chi connectivity index (χ4v) is 1.14. The molecule has 5 heteroatoms. The molecule has 0 unspecified atom stereocenters. The van der Waals surface area contributed by atoms with Gasteiger partial charge in [0.1, 0.15) is 11.6 Å². The van der Waals surface area contributed by atoms with Gasteiger partial charge in [0.05, 0.1) is 12.3 Å². The van der Waals surface area contributed by atoms with Crippen LogP contribution in [0.2, 0.25) is 0 Å². The lowest BCUT2D eigenvalue weighted by molar-refractivity contribution is 0.210. The molecule has 0 amide bonds. The molecular formula is C10H14N4O. The Balaban J connectivity index is 2.89. The van der Waals surface area contributed by atoms with Crippen LogP contribution in [0.25, 0.3) is 0 Å². The zero-order chi connectivity index (χ0) is 11.3. The van der Waals surface area contributed by atoms with Gasteiger partial charge in [-0.05, 0) is 19.4 Å². The van der Waals surface area contributed by atoms with Crippen molar-refractivity contribution in [2.45, 2.75) is 13.8 Å². The summed E-state index contributed by atoms with van der Waals surface area (Å²) >= 11 is 0. The van der Waals surface area contributed by atoms with Gasteiger partial charge in [-0.2, -0.15) is 10.4 Å². The third kappa shape index (κ3) is 2.64. The number of aryl methyl sites for hydroxylation is 1. The zero-order valence-corrected chi connectivity index (χ0v) is 9.16. The Morgan fingerprint density at radius 2 is 2.13 bits per heavy atom. The summed E-state index contributed by atoms with van der Waals surface area (Å²) in [4.78, 5) is 0. The van der Waals surface area contributed by atoms with Gasteiger partial charge in [-0.3, -0.25) is 0 Å². The van der Waals surface area contributed by atoms with E-state index >= 15 is 0 Å². The van der Waals surface area contributed by atoms with Crippen molar-refractivity contribution in [3.63, 3.8) is 0 Å². The number of ether oxygens (including phenoxy) is 1. The van der Waals surface area contributed by atoms with Crippen molar-refractivity contribution in [1.29, 1.82) is 5.26 Å². The molecule has 1 aromatic rings. The highest BCUT2D eigenvalue weighted by molar-refractivity contribution is 5.55. The van der Waals surface area contributed by atoms with Crippen LogP contribution in [0.5, 0.6) is 0 Å². The van der Waals surface area contributed by atoms with E-state index in [2.05, 4.69) is 21.6 Å². The highest BCUT2D eigenvalue weighted by atomic mass is 16.5. The summed E-state index contributed by atoms with van der Waals surface area (Å²) in [5, 5.41) is 19.9. The van der Waals surface area contributed by atoms with Gasteiger partial charge in [-0.25, -0.2) is 0 Å². The smallest absolute Gasteiger partial charge is 0.167 e. The Labute approximate surface area is 89.1 Å². The summed E-state index contributed by atoms with van der Waals surface area (Å²) in [6.07, 6.45) is 0. The number of aromatic nitrogens is 2. The number of nitrogens with one attached hydrogen (secondary N) is 1. The van der Waals surface area contributed by atoms with Crippen molar-refractivity contribution in [3.05, 3.63) is 16.8 Å².